The number of rotatable bonds is 5. The Bertz CT molecular complexity index is 690. The number of hydrogen-bond donors (Lipinski definition) is 0. The second-order valence-corrected chi connectivity index (χ2v) is 5.46. The van der Waals surface area contributed by atoms with Gasteiger partial charge >= 0.3 is 0 Å². The standard InChI is InChI=1S/C16H17BrN2O2/c1-4-19-11(2)14(10-18-19)15(20)7-5-12-9-13(17)6-8-16(12)21-3/h5-10H,4H2,1-3H3/b7-5+. The number of halogens is 1. The normalized spacial score (nSPS) is 11.0. The molecule has 0 spiro atoms. The van der Waals surface area contributed by atoms with Crippen molar-refractivity contribution >= 4 is 27.8 Å². The number of benzene rings is 1. The van der Waals surface area contributed by atoms with Gasteiger partial charge in [-0.15, -0.1) is 0 Å². The molecule has 4 nitrogen and oxygen atoms in total. The zero-order valence-corrected chi connectivity index (χ0v) is 13.8. The van der Waals surface area contributed by atoms with E-state index >= 15 is 0 Å². The summed E-state index contributed by atoms with van der Waals surface area (Å²) in [6.07, 6.45) is 4.92. The lowest BCUT2D eigenvalue weighted by molar-refractivity contribution is 0.104. The summed E-state index contributed by atoms with van der Waals surface area (Å²) >= 11 is 3.41. The highest BCUT2D eigenvalue weighted by molar-refractivity contribution is 9.10. The highest BCUT2D eigenvalue weighted by Gasteiger charge is 2.11. The summed E-state index contributed by atoms with van der Waals surface area (Å²) in [6.45, 7) is 4.65. The summed E-state index contributed by atoms with van der Waals surface area (Å²) < 4.78 is 8.03. The number of ether oxygens (including phenoxy) is 1. The lowest BCUT2D eigenvalue weighted by atomic mass is 10.1. The van der Waals surface area contributed by atoms with Gasteiger partial charge < -0.3 is 4.74 Å². The highest BCUT2D eigenvalue weighted by atomic mass is 79.9. The van der Waals surface area contributed by atoms with Gasteiger partial charge in [-0.1, -0.05) is 15.9 Å². The first-order valence-corrected chi connectivity index (χ1v) is 7.44. The Hall–Kier alpha value is -1.88. The van der Waals surface area contributed by atoms with Gasteiger partial charge in [0.05, 0.1) is 18.9 Å². The van der Waals surface area contributed by atoms with Crippen LogP contribution in [0.1, 0.15) is 28.5 Å². The minimum Gasteiger partial charge on any atom is -0.496 e. The van der Waals surface area contributed by atoms with E-state index in [-0.39, 0.29) is 5.78 Å². The van der Waals surface area contributed by atoms with E-state index in [4.69, 9.17) is 4.74 Å². The number of hydrogen-bond acceptors (Lipinski definition) is 3. The first-order chi connectivity index (χ1) is 10.1. The van der Waals surface area contributed by atoms with Crippen molar-refractivity contribution in [2.45, 2.75) is 20.4 Å². The number of ketones is 1. The lowest BCUT2D eigenvalue weighted by Gasteiger charge is -2.04. The van der Waals surface area contributed by atoms with E-state index in [1.165, 1.54) is 0 Å². The van der Waals surface area contributed by atoms with Crippen molar-refractivity contribution in [2.75, 3.05) is 7.11 Å². The molecule has 110 valence electrons. The Morgan fingerprint density at radius 3 is 2.86 bits per heavy atom. The van der Waals surface area contributed by atoms with Gasteiger partial charge in [-0.3, -0.25) is 9.48 Å². The molecular formula is C16H17BrN2O2. The molecule has 0 saturated carbocycles. The molecule has 1 aromatic carbocycles. The van der Waals surface area contributed by atoms with Gasteiger partial charge in [0.25, 0.3) is 0 Å². The van der Waals surface area contributed by atoms with E-state index in [2.05, 4.69) is 21.0 Å². The SMILES string of the molecule is CCn1ncc(C(=O)/C=C/c2cc(Br)ccc2OC)c1C. The molecule has 0 fully saturated rings. The van der Waals surface area contributed by atoms with Crippen LogP contribution in [-0.4, -0.2) is 22.7 Å². The molecule has 2 rings (SSSR count). The predicted octanol–water partition coefficient (Wildman–Crippen LogP) is 3.88. The number of methoxy groups -OCH3 is 1. The number of carbonyl (C=O) groups is 1. The maximum atomic E-state index is 12.3. The summed E-state index contributed by atoms with van der Waals surface area (Å²) in [7, 11) is 1.61. The third kappa shape index (κ3) is 3.42. The zero-order chi connectivity index (χ0) is 15.4. The molecule has 0 radical (unpaired) electrons. The van der Waals surface area contributed by atoms with Crippen LogP contribution >= 0.6 is 15.9 Å². The summed E-state index contributed by atoms with van der Waals surface area (Å²) in [5, 5.41) is 4.19. The molecule has 0 aliphatic carbocycles. The molecule has 0 amide bonds. The zero-order valence-electron chi connectivity index (χ0n) is 12.3. The van der Waals surface area contributed by atoms with E-state index in [0.29, 0.717) is 5.56 Å². The maximum absolute atomic E-state index is 12.3. The molecule has 5 heteroatoms. The van der Waals surface area contributed by atoms with Gasteiger partial charge in [-0.2, -0.15) is 5.10 Å². The van der Waals surface area contributed by atoms with E-state index in [1.54, 1.807) is 30.1 Å². The number of nitrogens with zero attached hydrogens (tertiary/aromatic N) is 2. The largest absolute Gasteiger partial charge is 0.496 e. The molecule has 2 aromatic rings. The molecule has 1 heterocycles. The van der Waals surface area contributed by atoms with Crippen LogP contribution in [0.4, 0.5) is 0 Å². The second kappa shape index (κ2) is 6.72. The van der Waals surface area contributed by atoms with Crippen LogP contribution in [-0.2, 0) is 6.54 Å². The number of aromatic nitrogens is 2. The Kier molecular flexibility index (Phi) is 4.96. The Morgan fingerprint density at radius 2 is 2.24 bits per heavy atom. The van der Waals surface area contributed by atoms with Crippen LogP contribution in [0.2, 0.25) is 0 Å². The lowest BCUT2D eigenvalue weighted by Crippen LogP contribution is -2.01. The summed E-state index contributed by atoms with van der Waals surface area (Å²) in [5.74, 6) is 0.664. The minimum atomic E-state index is -0.0609. The maximum Gasteiger partial charge on any atom is 0.189 e. The fourth-order valence-electron chi connectivity index (χ4n) is 2.10. The Morgan fingerprint density at radius 1 is 1.48 bits per heavy atom. The molecule has 21 heavy (non-hydrogen) atoms. The molecular weight excluding hydrogens is 332 g/mol. The van der Waals surface area contributed by atoms with Crippen LogP contribution in [0.3, 0.4) is 0 Å². The van der Waals surface area contributed by atoms with Gasteiger partial charge in [-0.25, -0.2) is 0 Å². The highest BCUT2D eigenvalue weighted by Crippen LogP contribution is 2.24. The van der Waals surface area contributed by atoms with E-state index in [0.717, 1.165) is 28.0 Å². The molecule has 0 aliphatic rings. The molecule has 0 atom stereocenters. The van der Waals surface area contributed by atoms with Gasteiger partial charge in [-0.05, 0) is 44.2 Å². The van der Waals surface area contributed by atoms with Crippen LogP contribution in [0.15, 0.2) is 34.9 Å². The topological polar surface area (TPSA) is 44.1 Å². The second-order valence-electron chi connectivity index (χ2n) is 4.54. The van der Waals surface area contributed by atoms with Gasteiger partial charge in [0.1, 0.15) is 5.75 Å². The first-order valence-electron chi connectivity index (χ1n) is 6.65. The molecule has 0 bridgehead atoms. The quantitative estimate of drug-likeness (QED) is 0.608. The molecule has 0 saturated heterocycles. The Labute approximate surface area is 132 Å². The van der Waals surface area contributed by atoms with Crippen molar-refractivity contribution in [1.82, 2.24) is 9.78 Å². The van der Waals surface area contributed by atoms with E-state index in [1.807, 2.05) is 32.0 Å². The number of allylic oxidation sites excluding steroid dienone is 1. The average molecular weight is 349 g/mol. The van der Waals surface area contributed by atoms with Crippen molar-refractivity contribution < 1.29 is 9.53 Å². The van der Waals surface area contributed by atoms with Crippen molar-refractivity contribution in [3.63, 3.8) is 0 Å². The van der Waals surface area contributed by atoms with Crippen LogP contribution < -0.4 is 4.74 Å². The number of carbonyl (C=O) groups excluding carboxylic acids is 1. The van der Waals surface area contributed by atoms with Crippen LogP contribution in [0.5, 0.6) is 5.75 Å². The predicted molar refractivity (Wildman–Crippen MR) is 86.7 cm³/mol. The fraction of sp³-hybridized carbons (Fsp3) is 0.250. The molecule has 0 aliphatic heterocycles. The van der Waals surface area contributed by atoms with Crippen LogP contribution in [0, 0.1) is 6.92 Å². The van der Waals surface area contributed by atoms with Gasteiger partial charge in [0, 0.05) is 22.3 Å². The molecule has 1 aromatic heterocycles. The third-order valence-electron chi connectivity index (χ3n) is 3.27. The van der Waals surface area contributed by atoms with Crippen molar-refractivity contribution in [3.8, 4) is 5.75 Å². The minimum absolute atomic E-state index is 0.0609. The van der Waals surface area contributed by atoms with E-state index in [9.17, 15) is 4.79 Å². The van der Waals surface area contributed by atoms with Crippen LogP contribution in [0.25, 0.3) is 6.08 Å². The molecule has 0 unspecified atom stereocenters. The smallest absolute Gasteiger partial charge is 0.189 e. The van der Waals surface area contributed by atoms with Gasteiger partial charge in [0.2, 0.25) is 0 Å². The first kappa shape index (κ1) is 15.5. The van der Waals surface area contributed by atoms with Crippen molar-refractivity contribution in [2.24, 2.45) is 0 Å². The number of aryl methyl sites for hydroxylation is 1. The molecule has 0 N–H and O–H groups in total. The summed E-state index contributed by atoms with van der Waals surface area (Å²) in [5.41, 5.74) is 2.36. The van der Waals surface area contributed by atoms with Gasteiger partial charge in [0.15, 0.2) is 5.78 Å². The van der Waals surface area contributed by atoms with Crippen molar-refractivity contribution in [3.05, 3.63) is 51.8 Å². The summed E-state index contributed by atoms with van der Waals surface area (Å²) in [6, 6.07) is 5.66. The average Bonchev–Trinajstić information content (AvgIpc) is 2.86. The third-order valence-corrected chi connectivity index (χ3v) is 3.77. The van der Waals surface area contributed by atoms with Crippen molar-refractivity contribution in [1.29, 1.82) is 0 Å². The monoisotopic (exact) mass is 348 g/mol. The fourth-order valence-corrected chi connectivity index (χ4v) is 2.48. The summed E-state index contributed by atoms with van der Waals surface area (Å²) in [4.78, 5) is 12.3. The van der Waals surface area contributed by atoms with E-state index < -0.39 is 0 Å². The Balaban J connectivity index is 2.26.